The normalized spacial score (nSPS) is 14.3. The number of likely N-dealkylation sites (tertiary alicyclic amines) is 1. The summed E-state index contributed by atoms with van der Waals surface area (Å²) in [5.74, 6) is 1.85. The van der Waals surface area contributed by atoms with Crippen molar-refractivity contribution in [3.05, 3.63) is 65.2 Å². The van der Waals surface area contributed by atoms with E-state index in [-0.39, 0.29) is 5.91 Å². The summed E-state index contributed by atoms with van der Waals surface area (Å²) in [7, 11) is 3.81. The fourth-order valence-corrected chi connectivity index (χ4v) is 3.82. The molecule has 1 amide bonds. The van der Waals surface area contributed by atoms with Crippen molar-refractivity contribution in [2.75, 3.05) is 33.8 Å². The molecule has 0 unspecified atom stereocenters. The van der Waals surface area contributed by atoms with E-state index in [0.29, 0.717) is 13.2 Å². The number of amides is 1. The molecular formula is C25H34N4O2. The van der Waals surface area contributed by atoms with Crippen molar-refractivity contribution < 1.29 is 9.53 Å². The molecule has 0 aromatic heterocycles. The molecule has 166 valence electrons. The number of hydrogen-bond acceptors (Lipinski definition) is 3. The van der Waals surface area contributed by atoms with Crippen LogP contribution in [0.25, 0.3) is 0 Å². The van der Waals surface area contributed by atoms with Gasteiger partial charge >= 0.3 is 0 Å². The van der Waals surface area contributed by atoms with Crippen molar-refractivity contribution in [2.24, 2.45) is 4.99 Å². The van der Waals surface area contributed by atoms with Gasteiger partial charge < -0.3 is 19.9 Å². The lowest BCUT2D eigenvalue weighted by atomic mass is 10.1. The highest BCUT2D eigenvalue weighted by atomic mass is 16.5. The number of guanidine groups is 1. The maximum absolute atomic E-state index is 12.6. The zero-order chi connectivity index (χ0) is 22.1. The lowest BCUT2D eigenvalue weighted by molar-refractivity contribution is 0.0724. The number of nitrogens with zero attached hydrogens (tertiary/aromatic N) is 3. The minimum Gasteiger partial charge on any atom is -0.494 e. The van der Waals surface area contributed by atoms with E-state index in [1.165, 1.54) is 12.0 Å². The number of benzene rings is 2. The third-order valence-electron chi connectivity index (χ3n) is 5.52. The van der Waals surface area contributed by atoms with Crippen molar-refractivity contribution >= 4 is 11.9 Å². The van der Waals surface area contributed by atoms with Gasteiger partial charge in [0.05, 0.1) is 6.61 Å². The standard InChI is InChI=1S/C25H34N4O2/c1-4-31-23-14-10-21(11-15-23)19-28(3)25(26-2)27-18-20-8-12-22(13-9-20)24(30)29-16-6-5-7-17-29/h8-15H,4-7,16-19H2,1-3H3,(H,26,27). The summed E-state index contributed by atoms with van der Waals surface area (Å²) >= 11 is 0. The van der Waals surface area contributed by atoms with Crippen LogP contribution in [0.1, 0.15) is 47.7 Å². The molecule has 0 saturated carbocycles. The summed E-state index contributed by atoms with van der Waals surface area (Å²) in [6.07, 6.45) is 3.44. The Kier molecular flexibility index (Phi) is 8.33. The molecule has 0 bridgehead atoms. The second-order valence-electron chi connectivity index (χ2n) is 7.88. The predicted molar refractivity (Wildman–Crippen MR) is 125 cm³/mol. The summed E-state index contributed by atoms with van der Waals surface area (Å²) in [4.78, 5) is 21.1. The SMILES string of the molecule is CCOc1ccc(CN(C)C(=NC)NCc2ccc(C(=O)N3CCCCC3)cc2)cc1. The van der Waals surface area contributed by atoms with Gasteiger partial charge in [-0.25, -0.2) is 0 Å². The van der Waals surface area contributed by atoms with E-state index in [1.54, 1.807) is 7.05 Å². The molecule has 6 heteroatoms. The molecule has 0 atom stereocenters. The number of nitrogens with one attached hydrogen (secondary N) is 1. The predicted octanol–water partition coefficient (Wildman–Crippen LogP) is 3.92. The van der Waals surface area contributed by atoms with Crippen molar-refractivity contribution in [2.45, 2.75) is 39.3 Å². The van der Waals surface area contributed by atoms with Crippen LogP contribution in [0.2, 0.25) is 0 Å². The number of aliphatic imine (C=N–C) groups is 1. The molecule has 1 aliphatic heterocycles. The summed E-state index contributed by atoms with van der Waals surface area (Å²) in [6, 6.07) is 16.0. The molecule has 6 nitrogen and oxygen atoms in total. The highest BCUT2D eigenvalue weighted by molar-refractivity contribution is 5.94. The van der Waals surface area contributed by atoms with Gasteiger partial charge in [0.2, 0.25) is 0 Å². The number of hydrogen-bond donors (Lipinski definition) is 1. The first-order valence-corrected chi connectivity index (χ1v) is 11.1. The van der Waals surface area contributed by atoms with E-state index in [2.05, 4.69) is 27.3 Å². The Balaban J connectivity index is 1.51. The van der Waals surface area contributed by atoms with Crippen LogP contribution < -0.4 is 10.1 Å². The molecule has 0 radical (unpaired) electrons. The maximum Gasteiger partial charge on any atom is 0.253 e. The maximum atomic E-state index is 12.6. The van der Waals surface area contributed by atoms with E-state index in [1.807, 2.05) is 55.3 Å². The van der Waals surface area contributed by atoms with Crippen LogP contribution in [0.4, 0.5) is 0 Å². The van der Waals surface area contributed by atoms with Crippen LogP contribution in [0.5, 0.6) is 5.75 Å². The third kappa shape index (κ3) is 6.48. The van der Waals surface area contributed by atoms with Gasteiger partial charge in [-0.05, 0) is 61.6 Å². The van der Waals surface area contributed by atoms with Crippen LogP contribution in [0.3, 0.4) is 0 Å². The Morgan fingerprint density at radius 2 is 1.68 bits per heavy atom. The summed E-state index contributed by atoms with van der Waals surface area (Å²) in [5, 5.41) is 3.41. The zero-order valence-corrected chi connectivity index (χ0v) is 18.9. The highest BCUT2D eigenvalue weighted by Crippen LogP contribution is 2.15. The molecule has 2 aromatic carbocycles. The smallest absolute Gasteiger partial charge is 0.253 e. The van der Waals surface area contributed by atoms with Crippen LogP contribution in [0.15, 0.2) is 53.5 Å². The highest BCUT2D eigenvalue weighted by Gasteiger charge is 2.17. The fourth-order valence-electron chi connectivity index (χ4n) is 3.82. The van der Waals surface area contributed by atoms with Gasteiger partial charge in [0.15, 0.2) is 5.96 Å². The van der Waals surface area contributed by atoms with Crippen LogP contribution in [-0.4, -0.2) is 55.5 Å². The first kappa shape index (κ1) is 22.7. The topological polar surface area (TPSA) is 57.2 Å². The largest absolute Gasteiger partial charge is 0.494 e. The number of carbonyl (C=O) groups excluding carboxylic acids is 1. The number of piperidine rings is 1. The van der Waals surface area contributed by atoms with Gasteiger partial charge in [0, 0.05) is 45.8 Å². The van der Waals surface area contributed by atoms with E-state index in [9.17, 15) is 4.79 Å². The zero-order valence-electron chi connectivity index (χ0n) is 18.9. The molecule has 1 N–H and O–H groups in total. The summed E-state index contributed by atoms with van der Waals surface area (Å²) in [6.45, 7) is 5.80. The Bertz CT molecular complexity index is 856. The first-order chi connectivity index (χ1) is 15.1. The summed E-state index contributed by atoms with van der Waals surface area (Å²) in [5.41, 5.74) is 3.07. The van der Waals surface area contributed by atoms with Crippen LogP contribution in [0, 0.1) is 0 Å². The Labute approximate surface area is 185 Å². The second kappa shape index (κ2) is 11.4. The quantitative estimate of drug-likeness (QED) is 0.543. The van der Waals surface area contributed by atoms with Crippen LogP contribution in [-0.2, 0) is 13.1 Å². The molecule has 1 saturated heterocycles. The lowest BCUT2D eigenvalue weighted by Crippen LogP contribution is -2.38. The molecule has 2 aromatic rings. The fraction of sp³-hybridized carbons (Fsp3) is 0.440. The van der Waals surface area contributed by atoms with E-state index >= 15 is 0 Å². The number of rotatable bonds is 7. The molecule has 1 aliphatic rings. The first-order valence-electron chi connectivity index (χ1n) is 11.1. The van der Waals surface area contributed by atoms with Gasteiger partial charge in [-0.15, -0.1) is 0 Å². The van der Waals surface area contributed by atoms with Crippen LogP contribution >= 0.6 is 0 Å². The van der Waals surface area contributed by atoms with E-state index in [4.69, 9.17) is 4.74 Å². The summed E-state index contributed by atoms with van der Waals surface area (Å²) < 4.78 is 5.51. The van der Waals surface area contributed by atoms with Crippen molar-refractivity contribution in [1.82, 2.24) is 15.1 Å². The molecule has 1 heterocycles. The third-order valence-corrected chi connectivity index (χ3v) is 5.52. The molecule has 0 spiro atoms. The van der Waals surface area contributed by atoms with Crippen molar-refractivity contribution in [1.29, 1.82) is 0 Å². The molecular weight excluding hydrogens is 388 g/mol. The average molecular weight is 423 g/mol. The molecule has 0 aliphatic carbocycles. The lowest BCUT2D eigenvalue weighted by Gasteiger charge is -2.26. The number of carbonyl (C=O) groups is 1. The van der Waals surface area contributed by atoms with Crippen molar-refractivity contribution in [3.8, 4) is 5.75 Å². The van der Waals surface area contributed by atoms with E-state index in [0.717, 1.165) is 55.3 Å². The Morgan fingerprint density at radius 1 is 1.03 bits per heavy atom. The Morgan fingerprint density at radius 3 is 2.29 bits per heavy atom. The Hall–Kier alpha value is -3.02. The number of ether oxygens (including phenoxy) is 1. The molecule has 31 heavy (non-hydrogen) atoms. The van der Waals surface area contributed by atoms with Crippen molar-refractivity contribution in [3.63, 3.8) is 0 Å². The van der Waals surface area contributed by atoms with Gasteiger partial charge in [-0.1, -0.05) is 24.3 Å². The average Bonchev–Trinajstić information content (AvgIpc) is 2.81. The van der Waals surface area contributed by atoms with E-state index < -0.39 is 0 Å². The molecule has 3 rings (SSSR count). The van der Waals surface area contributed by atoms with Gasteiger partial charge in [-0.3, -0.25) is 9.79 Å². The monoisotopic (exact) mass is 422 g/mol. The minimum absolute atomic E-state index is 0.144. The molecule has 1 fully saturated rings. The van der Waals surface area contributed by atoms with Gasteiger partial charge in [0.25, 0.3) is 5.91 Å². The second-order valence-corrected chi connectivity index (χ2v) is 7.88. The minimum atomic E-state index is 0.144. The van der Waals surface area contributed by atoms with Gasteiger partial charge in [0.1, 0.15) is 5.75 Å². The van der Waals surface area contributed by atoms with Gasteiger partial charge in [-0.2, -0.15) is 0 Å².